The molecule has 2 rings (SSSR count). The van der Waals surface area contributed by atoms with Gasteiger partial charge in [-0.15, -0.1) is 0 Å². The van der Waals surface area contributed by atoms with Crippen molar-refractivity contribution in [3.63, 3.8) is 0 Å². The third kappa shape index (κ3) is 3.34. The molecule has 1 aromatic carbocycles. The third-order valence-corrected chi connectivity index (χ3v) is 3.70. The molecule has 0 bridgehead atoms. The molecule has 0 amide bonds. The number of nitrogens with zero attached hydrogens (tertiary/aromatic N) is 1. The van der Waals surface area contributed by atoms with Gasteiger partial charge in [-0.25, -0.2) is 4.98 Å². The van der Waals surface area contributed by atoms with Crippen LogP contribution < -0.4 is 4.74 Å². The molecule has 1 aromatic heterocycles. The topological polar surface area (TPSA) is 59.4 Å². The molecule has 2 aromatic rings. The van der Waals surface area contributed by atoms with E-state index in [0.717, 1.165) is 34.2 Å². The Morgan fingerprint density at radius 3 is 2.68 bits per heavy atom. The van der Waals surface area contributed by atoms with Gasteiger partial charge in [-0.2, -0.15) is 0 Å². The van der Waals surface area contributed by atoms with Crippen LogP contribution in [0.4, 0.5) is 0 Å². The van der Waals surface area contributed by atoms with Gasteiger partial charge in [-0.3, -0.25) is 4.79 Å². The maximum absolute atomic E-state index is 11.1. The maximum Gasteiger partial charge on any atom is 0.213 e. The third-order valence-electron chi connectivity index (χ3n) is 3.70. The number of carbonyl (C=O) groups excluding carboxylic acids is 1. The predicted octanol–water partition coefficient (Wildman–Crippen LogP) is 3.25. The van der Waals surface area contributed by atoms with Crippen LogP contribution in [0.3, 0.4) is 0 Å². The van der Waals surface area contributed by atoms with Crippen molar-refractivity contribution in [2.24, 2.45) is 0 Å². The highest BCUT2D eigenvalue weighted by molar-refractivity contribution is 5.84. The van der Waals surface area contributed by atoms with Crippen molar-refractivity contribution in [3.05, 3.63) is 46.6 Å². The van der Waals surface area contributed by atoms with E-state index in [-0.39, 0.29) is 6.61 Å². The lowest BCUT2D eigenvalue weighted by Gasteiger charge is -2.15. The van der Waals surface area contributed by atoms with Crippen LogP contribution in [0.15, 0.2) is 24.3 Å². The summed E-state index contributed by atoms with van der Waals surface area (Å²) in [5.41, 5.74) is 5.63. The van der Waals surface area contributed by atoms with E-state index in [1.165, 1.54) is 0 Å². The molecule has 0 fully saturated rings. The number of aliphatic hydroxyl groups excluding tert-OH is 1. The molecule has 1 N–H and O–H groups in total. The Labute approximate surface area is 130 Å². The quantitative estimate of drug-likeness (QED) is 0.657. The fraction of sp³-hybridized carbons (Fsp3) is 0.333. The van der Waals surface area contributed by atoms with Crippen LogP contribution in [-0.4, -0.2) is 29.6 Å². The van der Waals surface area contributed by atoms with Crippen LogP contribution in [0.25, 0.3) is 11.1 Å². The molecule has 0 saturated carbocycles. The van der Waals surface area contributed by atoms with Gasteiger partial charge in [0.2, 0.25) is 5.88 Å². The number of benzene rings is 1. The first-order chi connectivity index (χ1) is 10.6. The van der Waals surface area contributed by atoms with Crippen LogP contribution in [0.1, 0.15) is 33.6 Å². The fourth-order valence-corrected chi connectivity index (χ4v) is 2.57. The SMILES string of the molecule is Cc1cc(OCCCO)nc(C)c1-c1cccc(C=O)c1C. The highest BCUT2D eigenvalue weighted by atomic mass is 16.5. The molecule has 22 heavy (non-hydrogen) atoms. The van der Waals surface area contributed by atoms with E-state index in [4.69, 9.17) is 9.84 Å². The summed E-state index contributed by atoms with van der Waals surface area (Å²) in [5.74, 6) is 0.566. The summed E-state index contributed by atoms with van der Waals surface area (Å²) >= 11 is 0. The number of rotatable bonds is 6. The minimum Gasteiger partial charge on any atom is -0.478 e. The Kier molecular flexibility index (Phi) is 5.28. The lowest BCUT2D eigenvalue weighted by atomic mass is 9.93. The molecular formula is C18H21NO3. The van der Waals surface area contributed by atoms with Gasteiger partial charge in [0.05, 0.1) is 6.61 Å². The van der Waals surface area contributed by atoms with Crippen LogP contribution in [-0.2, 0) is 0 Å². The summed E-state index contributed by atoms with van der Waals surface area (Å²) in [4.78, 5) is 15.6. The van der Waals surface area contributed by atoms with E-state index in [0.29, 0.717) is 24.5 Å². The molecule has 4 nitrogen and oxygen atoms in total. The first-order valence-electron chi connectivity index (χ1n) is 7.35. The number of aldehydes is 1. The second-order valence-electron chi connectivity index (χ2n) is 5.30. The first-order valence-corrected chi connectivity index (χ1v) is 7.35. The van der Waals surface area contributed by atoms with Crippen molar-refractivity contribution < 1.29 is 14.6 Å². The number of hydrogen-bond acceptors (Lipinski definition) is 4. The van der Waals surface area contributed by atoms with Gasteiger partial charge < -0.3 is 9.84 Å². The number of aromatic nitrogens is 1. The number of aliphatic hydroxyl groups is 1. The highest BCUT2D eigenvalue weighted by Gasteiger charge is 2.13. The number of aryl methyl sites for hydroxylation is 2. The Hall–Kier alpha value is -2.20. The summed E-state index contributed by atoms with van der Waals surface area (Å²) in [7, 11) is 0. The molecule has 0 aliphatic rings. The zero-order chi connectivity index (χ0) is 16.1. The zero-order valence-electron chi connectivity index (χ0n) is 13.2. The second-order valence-corrected chi connectivity index (χ2v) is 5.30. The standard InChI is InChI=1S/C18H21NO3/c1-12-10-17(22-9-5-8-20)19-14(3)18(12)16-7-4-6-15(11-21)13(16)2/h4,6-7,10-11,20H,5,8-9H2,1-3H3. The summed E-state index contributed by atoms with van der Waals surface area (Å²) in [6, 6.07) is 7.60. The molecule has 4 heteroatoms. The van der Waals surface area contributed by atoms with E-state index in [9.17, 15) is 4.79 Å². The van der Waals surface area contributed by atoms with E-state index >= 15 is 0 Å². The number of ether oxygens (including phenoxy) is 1. The van der Waals surface area contributed by atoms with Crippen molar-refractivity contribution in [2.45, 2.75) is 27.2 Å². The molecule has 1 heterocycles. The highest BCUT2D eigenvalue weighted by Crippen LogP contribution is 2.32. The molecule has 0 spiro atoms. The smallest absolute Gasteiger partial charge is 0.213 e. The normalized spacial score (nSPS) is 10.5. The first kappa shape index (κ1) is 16.2. The zero-order valence-corrected chi connectivity index (χ0v) is 13.2. The van der Waals surface area contributed by atoms with E-state index in [1.807, 2.05) is 45.0 Å². The van der Waals surface area contributed by atoms with Gasteiger partial charge in [0, 0.05) is 35.9 Å². The van der Waals surface area contributed by atoms with E-state index in [2.05, 4.69) is 4.98 Å². The Morgan fingerprint density at radius 1 is 1.27 bits per heavy atom. The maximum atomic E-state index is 11.1. The molecular weight excluding hydrogens is 278 g/mol. The van der Waals surface area contributed by atoms with Gasteiger partial charge in [-0.05, 0) is 37.5 Å². The monoisotopic (exact) mass is 299 g/mol. The van der Waals surface area contributed by atoms with E-state index in [1.54, 1.807) is 0 Å². The fourth-order valence-electron chi connectivity index (χ4n) is 2.57. The minimum atomic E-state index is 0.105. The lowest BCUT2D eigenvalue weighted by Crippen LogP contribution is -2.04. The van der Waals surface area contributed by atoms with Crippen molar-refractivity contribution in [2.75, 3.05) is 13.2 Å². The molecule has 0 aliphatic carbocycles. The van der Waals surface area contributed by atoms with Gasteiger partial charge >= 0.3 is 0 Å². The van der Waals surface area contributed by atoms with Crippen LogP contribution in [0.5, 0.6) is 5.88 Å². The molecule has 0 radical (unpaired) electrons. The summed E-state index contributed by atoms with van der Waals surface area (Å²) < 4.78 is 5.55. The molecule has 0 unspecified atom stereocenters. The lowest BCUT2D eigenvalue weighted by molar-refractivity contribution is 0.112. The van der Waals surface area contributed by atoms with E-state index < -0.39 is 0 Å². The summed E-state index contributed by atoms with van der Waals surface area (Å²) in [5, 5.41) is 8.80. The molecule has 0 atom stereocenters. The van der Waals surface area contributed by atoms with Crippen molar-refractivity contribution in [1.29, 1.82) is 0 Å². The van der Waals surface area contributed by atoms with Crippen molar-refractivity contribution in [3.8, 4) is 17.0 Å². The van der Waals surface area contributed by atoms with Crippen LogP contribution >= 0.6 is 0 Å². The van der Waals surface area contributed by atoms with Gasteiger partial charge in [0.1, 0.15) is 6.29 Å². The predicted molar refractivity (Wildman–Crippen MR) is 86.5 cm³/mol. The van der Waals surface area contributed by atoms with Gasteiger partial charge in [0.25, 0.3) is 0 Å². The average Bonchev–Trinajstić information content (AvgIpc) is 2.48. The van der Waals surface area contributed by atoms with Crippen molar-refractivity contribution in [1.82, 2.24) is 4.98 Å². The van der Waals surface area contributed by atoms with Crippen LogP contribution in [0, 0.1) is 20.8 Å². The Bertz CT molecular complexity index is 657. The molecule has 116 valence electrons. The summed E-state index contributed by atoms with van der Waals surface area (Å²) in [6.07, 6.45) is 1.46. The summed E-state index contributed by atoms with van der Waals surface area (Å²) in [6.45, 7) is 6.45. The molecule has 0 saturated heterocycles. The number of pyridine rings is 1. The number of carbonyl (C=O) groups is 1. The average molecular weight is 299 g/mol. The second kappa shape index (κ2) is 7.18. The van der Waals surface area contributed by atoms with Gasteiger partial charge in [-0.1, -0.05) is 18.2 Å². The molecule has 0 aliphatic heterocycles. The van der Waals surface area contributed by atoms with Crippen LogP contribution in [0.2, 0.25) is 0 Å². The van der Waals surface area contributed by atoms with Crippen molar-refractivity contribution >= 4 is 6.29 Å². The minimum absolute atomic E-state index is 0.105. The van der Waals surface area contributed by atoms with Gasteiger partial charge in [0.15, 0.2) is 0 Å². The Balaban J connectivity index is 2.42. The largest absolute Gasteiger partial charge is 0.478 e. The Morgan fingerprint density at radius 2 is 2.05 bits per heavy atom. The number of hydrogen-bond donors (Lipinski definition) is 1.